The summed E-state index contributed by atoms with van der Waals surface area (Å²) in [6.07, 6.45) is 9.78. The van der Waals surface area contributed by atoms with Crippen LogP contribution in [0.2, 0.25) is 0 Å². The second-order valence-electron chi connectivity index (χ2n) is 5.18. The maximum Gasteiger partial charge on any atom is 0.0246 e. The van der Waals surface area contributed by atoms with Gasteiger partial charge in [-0.1, -0.05) is 39.5 Å². The van der Waals surface area contributed by atoms with Crippen LogP contribution in [0, 0.1) is 5.92 Å². The summed E-state index contributed by atoms with van der Waals surface area (Å²) in [6.45, 7) is 7.76. The summed E-state index contributed by atoms with van der Waals surface area (Å²) >= 11 is 0. The predicted octanol–water partition coefficient (Wildman–Crippen LogP) is 3.02. The lowest BCUT2D eigenvalue weighted by Crippen LogP contribution is -2.45. The van der Waals surface area contributed by atoms with Gasteiger partial charge in [0, 0.05) is 12.6 Å². The molecule has 0 saturated heterocycles. The maximum atomic E-state index is 6.02. The van der Waals surface area contributed by atoms with Gasteiger partial charge in [-0.3, -0.25) is 4.90 Å². The standard InChI is InChI=1S/C14H30N2/c1-3-11-16(4-2)14(12-15)13-9-7-5-6-8-10-13/h13-14H,3-12,15H2,1-2H3. The summed E-state index contributed by atoms with van der Waals surface area (Å²) in [4.78, 5) is 2.61. The summed E-state index contributed by atoms with van der Waals surface area (Å²) in [5.41, 5.74) is 6.02. The first-order valence-corrected chi connectivity index (χ1v) is 7.27. The topological polar surface area (TPSA) is 29.3 Å². The van der Waals surface area contributed by atoms with Gasteiger partial charge in [-0.2, -0.15) is 0 Å². The van der Waals surface area contributed by atoms with Crippen molar-refractivity contribution in [2.75, 3.05) is 19.6 Å². The van der Waals surface area contributed by atoms with Crippen LogP contribution in [0.4, 0.5) is 0 Å². The predicted molar refractivity (Wildman–Crippen MR) is 71.6 cm³/mol. The molecule has 2 N–H and O–H groups in total. The zero-order valence-corrected chi connectivity index (χ0v) is 11.3. The van der Waals surface area contributed by atoms with E-state index in [0.717, 1.165) is 19.0 Å². The number of nitrogens with zero attached hydrogens (tertiary/aromatic N) is 1. The smallest absolute Gasteiger partial charge is 0.0246 e. The Labute approximate surface area is 102 Å². The van der Waals surface area contributed by atoms with Crippen molar-refractivity contribution in [1.82, 2.24) is 4.90 Å². The van der Waals surface area contributed by atoms with Crippen LogP contribution in [0.1, 0.15) is 58.8 Å². The molecule has 0 heterocycles. The number of nitrogens with two attached hydrogens (primary N) is 1. The Morgan fingerprint density at radius 1 is 1.12 bits per heavy atom. The molecule has 0 aromatic carbocycles. The Morgan fingerprint density at radius 2 is 1.75 bits per heavy atom. The third kappa shape index (κ3) is 4.06. The summed E-state index contributed by atoms with van der Waals surface area (Å²) in [5.74, 6) is 0.860. The maximum absolute atomic E-state index is 6.02. The molecule has 0 aromatic rings. The third-order valence-electron chi connectivity index (χ3n) is 4.07. The molecule has 2 heteroatoms. The molecule has 1 saturated carbocycles. The Bertz CT molecular complexity index is 162. The summed E-state index contributed by atoms with van der Waals surface area (Å²) in [5, 5.41) is 0. The highest BCUT2D eigenvalue weighted by molar-refractivity contribution is 4.81. The molecule has 1 rings (SSSR count). The van der Waals surface area contributed by atoms with Crippen molar-refractivity contribution < 1.29 is 0 Å². The Kier molecular flexibility index (Phi) is 7.06. The molecule has 1 aliphatic carbocycles. The highest BCUT2D eigenvalue weighted by Crippen LogP contribution is 2.27. The molecule has 0 radical (unpaired) electrons. The van der Waals surface area contributed by atoms with Crippen molar-refractivity contribution >= 4 is 0 Å². The van der Waals surface area contributed by atoms with E-state index in [9.17, 15) is 0 Å². The van der Waals surface area contributed by atoms with E-state index in [1.807, 2.05) is 0 Å². The largest absolute Gasteiger partial charge is 0.329 e. The average molecular weight is 226 g/mol. The summed E-state index contributed by atoms with van der Waals surface area (Å²) in [7, 11) is 0. The molecule has 16 heavy (non-hydrogen) atoms. The van der Waals surface area contributed by atoms with Gasteiger partial charge in [0.2, 0.25) is 0 Å². The van der Waals surface area contributed by atoms with Gasteiger partial charge in [0.05, 0.1) is 0 Å². The summed E-state index contributed by atoms with van der Waals surface area (Å²) < 4.78 is 0. The second kappa shape index (κ2) is 8.08. The molecule has 0 aromatic heterocycles. The van der Waals surface area contributed by atoms with E-state index in [1.54, 1.807) is 0 Å². The minimum atomic E-state index is 0.642. The van der Waals surface area contributed by atoms with Crippen molar-refractivity contribution in [3.63, 3.8) is 0 Å². The van der Waals surface area contributed by atoms with Gasteiger partial charge in [0.25, 0.3) is 0 Å². The number of hydrogen-bond donors (Lipinski definition) is 1. The minimum Gasteiger partial charge on any atom is -0.329 e. The van der Waals surface area contributed by atoms with E-state index < -0.39 is 0 Å². The first-order valence-electron chi connectivity index (χ1n) is 7.27. The van der Waals surface area contributed by atoms with Gasteiger partial charge in [-0.15, -0.1) is 0 Å². The number of likely N-dealkylation sites (N-methyl/N-ethyl adjacent to an activating group) is 1. The lowest BCUT2D eigenvalue weighted by molar-refractivity contribution is 0.142. The first-order chi connectivity index (χ1) is 7.83. The van der Waals surface area contributed by atoms with Crippen molar-refractivity contribution in [2.45, 2.75) is 64.8 Å². The van der Waals surface area contributed by atoms with E-state index in [4.69, 9.17) is 5.73 Å². The van der Waals surface area contributed by atoms with Gasteiger partial charge in [-0.25, -0.2) is 0 Å². The van der Waals surface area contributed by atoms with Crippen LogP contribution in [0.3, 0.4) is 0 Å². The van der Waals surface area contributed by atoms with Gasteiger partial charge in [0.15, 0.2) is 0 Å². The molecule has 0 aliphatic heterocycles. The van der Waals surface area contributed by atoms with Crippen LogP contribution in [0.25, 0.3) is 0 Å². The van der Waals surface area contributed by atoms with Crippen LogP contribution in [-0.4, -0.2) is 30.6 Å². The Morgan fingerprint density at radius 3 is 2.19 bits per heavy atom. The van der Waals surface area contributed by atoms with Gasteiger partial charge >= 0.3 is 0 Å². The summed E-state index contributed by atoms with van der Waals surface area (Å²) in [6, 6.07) is 0.642. The number of rotatable bonds is 6. The molecule has 1 aliphatic rings. The first kappa shape index (κ1) is 14.0. The quantitative estimate of drug-likeness (QED) is 0.705. The van der Waals surface area contributed by atoms with E-state index in [0.29, 0.717) is 6.04 Å². The van der Waals surface area contributed by atoms with Crippen LogP contribution >= 0.6 is 0 Å². The fourth-order valence-electron chi connectivity index (χ4n) is 3.18. The van der Waals surface area contributed by atoms with Crippen molar-refractivity contribution in [3.8, 4) is 0 Å². The lowest BCUT2D eigenvalue weighted by atomic mass is 9.90. The fourth-order valence-corrected chi connectivity index (χ4v) is 3.18. The van der Waals surface area contributed by atoms with Crippen LogP contribution in [0.5, 0.6) is 0 Å². The highest BCUT2D eigenvalue weighted by Gasteiger charge is 2.25. The average Bonchev–Trinajstić information content (AvgIpc) is 2.58. The van der Waals surface area contributed by atoms with Crippen molar-refractivity contribution in [1.29, 1.82) is 0 Å². The normalized spacial score (nSPS) is 21.0. The van der Waals surface area contributed by atoms with Crippen molar-refractivity contribution in [3.05, 3.63) is 0 Å². The molecule has 1 fully saturated rings. The monoisotopic (exact) mass is 226 g/mol. The van der Waals surface area contributed by atoms with Crippen molar-refractivity contribution in [2.24, 2.45) is 11.7 Å². The molecule has 1 unspecified atom stereocenters. The molecular formula is C14H30N2. The molecule has 0 bridgehead atoms. The number of hydrogen-bond acceptors (Lipinski definition) is 2. The second-order valence-corrected chi connectivity index (χ2v) is 5.18. The third-order valence-corrected chi connectivity index (χ3v) is 4.07. The molecule has 96 valence electrons. The molecule has 0 amide bonds. The van der Waals surface area contributed by atoms with Gasteiger partial charge in [0.1, 0.15) is 0 Å². The molecular weight excluding hydrogens is 196 g/mol. The Hall–Kier alpha value is -0.0800. The van der Waals surface area contributed by atoms with Crippen LogP contribution in [0.15, 0.2) is 0 Å². The highest BCUT2D eigenvalue weighted by atomic mass is 15.2. The zero-order chi connectivity index (χ0) is 11.8. The molecule has 1 atom stereocenters. The zero-order valence-electron chi connectivity index (χ0n) is 11.3. The van der Waals surface area contributed by atoms with Crippen LogP contribution in [-0.2, 0) is 0 Å². The van der Waals surface area contributed by atoms with E-state index in [1.165, 1.54) is 51.5 Å². The minimum absolute atomic E-state index is 0.642. The SMILES string of the molecule is CCCN(CC)C(CN)C1CCCCCC1. The van der Waals surface area contributed by atoms with E-state index in [-0.39, 0.29) is 0 Å². The lowest BCUT2D eigenvalue weighted by Gasteiger charge is -2.35. The van der Waals surface area contributed by atoms with E-state index >= 15 is 0 Å². The van der Waals surface area contributed by atoms with E-state index in [2.05, 4.69) is 18.7 Å². The fraction of sp³-hybridized carbons (Fsp3) is 1.00. The molecule has 2 nitrogen and oxygen atoms in total. The van der Waals surface area contributed by atoms with Crippen LogP contribution < -0.4 is 5.73 Å². The van der Waals surface area contributed by atoms with Gasteiger partial charge < -0.3 is 5.73 Å². The van der Waals surface area contributed by atoms with Gasteiger partial charge in [-0.05, 0) is 38.3 Å². The molecule has 0 spiro atoms. The Balaban J connectivity index is 2.54.